The average Bonchev–Trinajstić information content (AvgIpc) is 2.88. The first kappa shape index (κ1) is 13.1. The van der Waals surface area contributed by atoms with Gasteiger partial charge in [0.25, 0.3) is 0 Å². The first-order valence-corrected chi connectivity index (χ1v) is 6.85. The second-order valence-electron chi connectivity index (χ2n) is 5.18. The van der Waals surface area contributed by atoms with Crippen LogP contribution in [0, 0.1) is 5.92 Å². The van der Waals surface area contributed by atoms with Crippen LogP contribution in [0.4, 0.5) is 0 Å². The van der Waals surface area contributed by atoms with E-state index in [-0.39, 0.29) is 12.0 Å². The predicted octanol–water partition coefficient (Wildman–Crippen LogP) is 1.89. The minimum atomic E-state index is -0.685. The van der Waals surface area contributed by atoms with Crippen molar-refractivity contribution in [2.24, 2.45) is 5.92 Å². The fourth-order valence-electron chi connectivity index (χ4n) is 2.63. The molecule has 1 fully saturated rings. The molecule has 0 atom stereocenters. The number of fused-ring (bicyclic) bond motifs is 1. The Morgan fingerprint density at radius 3 is 2.90 bits per heavy atom. The van der Waals surface area contributed by atoms with E-state index in [9.17, 15) is 4.79 Å². The summed E-state index contributed by atoms with van der Waals surface area (Å²) in [5.74, 6) is -0.218. The van der Waals surface area contributed by atoms with Crippen LogP contribution < -0.4 is 0 Å². The van der Waals surface area contributed by atoms with E-state index in [1.165, 1.54) is 0 Å². The molecule has 20 heavy (non-hydrogen) atoms. The Morgan fingerprint density at radius 2 is 2.20 bits per heavy atom. The Kier molecular flexibility index (Phi) is 3.64. The Bertz CT molecular complexity index is 569. The fraction of sp³-hybridized carbons (Fsp3) is 0.500. The monoisotopic (exact) mass is 275 g/mol. The number of rotatable bonds is 4. The van der Waals surface area contributed by atoms with Crippen molar-refractivity contribution in [3.05, 3.63) is 30.4 Å². The Hall–Kier alpha value is -1.95. The van der Waals surface area contributed by atoms with Crippen molar-refractivity contribution >= 4 is 11.7 Å². The van der Waals surface area contributed by atoms with E-state index >= 15 is 0 Å². The molecule has 0 unspecified atom stereocenters. The molecule has 2 aromatic heterocycles. The standard InChI is InChI=1S/C14H17N3O3/c18-13(19)10-2-4-12(5-3-10)20-9-11-8-17-7-1-6-15-14(17)16-11/h1,6-8,10,12H,2-5,9H2,(H,18,19). The van der Waals surface area contributed by atoms with Gasteiger partial charge in [0.15, 0.2) is 0 Å². The number of carboxylic acids is 1. The van der Waals surface area contributed by atoms with Gasteiger partial charge in [0.2, 0.25) is 5.78 Å². The second kappa shape index (κ2) is 5.58. The molecule has 0 radical (unpaired) electrons. The molecule has 1 N–H and O–H groups in total. The Labute approximate surface area is 116 Å². The van der Waals surface area contributed by atoms with Crippen LogP contribution >= 0.6 is 0 Å². The number of nitrogens with zero attached hydrogens (tertiary/aromatic N) is 3. The van der Waals surface area contributed by atoms with E-state index in [2.05, 4.69) is 9.97 Å². The van der Waals surface area contributed by atoms with Gasteiger partial charge in [-0.1, -0.05) is 0 Å². The van der Waals surface area contributed by atoms with Gasteiger partial charge in [-0.2, -0.15) is 0 Å². The summed E-state index contributed by atoms with van der Waals surface area (Å²) in [6.07, 6.45) is 8.68. The molecule has 106 valence electrons. The zero-order valence-electron chi connectivity index (χ0n) is 11.1. The first-order chi connectivity index (χ1) is 9.72. The van der Waals surface area contributed by atoms with Crippen LogP contribution in [0.25, 0.3) is 5.78 Å². The molecular weight excluding hydrogens is 258 g/mol. The molecule has 1 aliphatic rings. The summed E-state index contributed by atoms with van der Waals surface area (Å²) in [5, 5.41) is 8.95. The van der Waals surface area contributed by atoms with Crippen molar-refractivity contribution in [2.45, 2.75) is 38.4 Å². The SMILES string of the molecule is O=C(O)C1CCC(OCc2cn3cccnc3n2)CC1. The molecule has 3 rings (SSSR count). The van der Waals surface area contributed by atoms with Crippen LogP contribution in [-0.4, -0.2) is 31.5 Å². The van der Waals surface area contributed by atoms with Crippen molar-refractivity contribution in [2.75, 3.05) is 0 Å². The van der Waals surface area contributed by atoms with Gasteiger partial charge in [-0.3, -0.25) is 9.20 Å². The van der Waals surface area contributed by atoms with Crippen LogP contribution in [0.5, 0.6) is 0 Å². The lowest BCUT2D eigenvalue weighted by atomic mass is 9.87. The average molecular weight is 275 g/mol. The molecule has 6 nitrogen and oxygen atoms in total. The van der Waals surface area contributed by atoms with E-state index in [1.54, 1.807) is 6.20 Å². The second-order valence-corrected chi connectivity index (χ2v) is 5.18. The maximum atomic E-state index is 10.9. The number of hydrogen-bond acceptors (Lipinski definition) is 4. The topological polar surface area (TPSA) is 76.7 Å². The van der Waals surface area contributed by atoms with Gasteiger partial charge >= 0.3 is 5.97 Å². The highest BCUT2D eigenvalue weighted by Crippen LogP contribution is 2.26. The van der Waals surface area contributed by atoms with Crippen LogP contribution in [-0.2, 0) is 16.1 Å². The highest BCUT2D eigenvalue weighted by molar-refractivity contribution is 5.70. The lowest BCUT2D eigenvalue weighted by molar-refractivity contribution is -0.143. The van der Waals surface area contributed by atoms with Crippen molar-refractivity contribution in [1.82, 2.24) is 14.4 Å². The first-order valence-electron chi connectivity index (χ1n) is 6.85. The van der Waals surface area contributed by atoms with E-state index in [0.717, 1.165) is 18.5 Å². The Morgan fingerprint density at radius 1 is 1.40 bits per heavy atom. The maximum absolute atomic E-state index is 10.9. The molecule has 0 aromatic carbocycles. The van der Waals surface area contributed by atoms with Gasteiger partial charge in [-0.05, 0) is 31.7 Å². The van der Waals surface area contributed by atoms with Gasteiger partial charge in [-0.15, -0.1) is 0 Å². The van der Waals surface area contributed by atoms with Crippen molar-refractivity contribution in [3.8, 4) is 0 Å². The summed E-state index contributed by atoms with van der Waals surface area (Å²) >= 11 is 0. The zero-order valence-corrected chi connectivity index (χ0v) is 11.1. The summed E-state index contributed by atoms with van der Waals surface area (Å²) in [6, 6.07) is 1.85. The van der Waals surface area contributed by atoms with Crippen molar-refractivity contribution in [1.29, 1.82) is 0 Å². The molecule has 0 saturated heterocycles. The highest BCUT2D eigenvalue weighted by Gasteiger charge is 2.26. The summed E-state index contributed by atoms with van der Waals surface area (Å²) in [5.41, 5.74) is 0.851. The van der Waals surface area contributed by atoms with Crippen molar-refractivity contribution in [3.63, 3.8) is 0 Å². The van der Waals surface area contributed by atoms with Gasteiger partial charge in [0.05, 0.1) is 24.3 Å². The van der Waals surface area contributed by atoms with Crippen LogP contribution in [0.3, 0.4) is 0 Å². The van der Waals surface area contributed by atoms with Crippen molar-refractivity contribution < 1.29 is 14.6 Å². The number of carboxylic acid groups (broad SMARTS) is 1. The molecule has 0 aliphatic heterocycles. The van der Waals surface area contributed by atoms with Gasteiger partial charge in [0, 0.05) is 18.6 Å². The molecule has 0 bridgehead atoms. The van der Waals surface area contributed by atoms with E-state index in [4.69, 9.17) is 9.84 Å². The van der Waals surface area contributed by atoms with E-state index < -0.39 is 5.97 Å². The van der Waals surface area contributed by atoms with Crippen LogP contribution in [0.2, 0.25) is 0 Å². The quantitative estimate of drug-likeness (QED) is 0.922. The lowest BCUT2D eigenvalue weighted by Crippen LogP contribution is -2.25. The third-order valence-electron chi connectivity index (χ3n) is 3.78. The van der Waals surface area contributed by atoms with Gasteiger partial charge < -0.3 is 9.84 Å². The molecule has 1 aliphatic carbocycles. The molecular formula is C14H17N3O3. The molecule has 1 saturated carbocycles. The van der Waals surface area contributed by atoms with Gasteiger partial charge in [0.1, 0.15) is 0 Å². The van der Waals surface area contributed by atoms with Crippen LogP contribution in [0.15, 0.2) is 24.7 Å². The molecule has 6 heteroatoms. The highest BCUT2D eigenvalue weighted by atomic mass is 16.5. The fourth-order valence-corrected chi connectivity index (χ4v) is 2.63. The molecule has 2 aromatic rings. The lowest BCUT2D eigenvalue weighted by Gasteiger charge is -2.25. The summed E-state index contributed by atoms with van der Waals surface area (Å²) < 4.78 is 7.69. The number of aliphatic carboxylic acids is 1. The third kappa shape index (κ3) is 2.80. The number of carbonyl (C=O) groups is 1. The predicted molar refractivity (Wildman–Crippen MR) is 71.2 cm³/mol. The molecule has 2 heterocycles. The van der Waals surface area contributed by atoms with Crippen LogP contribution in [0.1, 0.15) is 31.4 Å². The summed E-state index contributed by atoms with van der Waals surface area (Å²) in [4.78, 5) is 19.4. The molecule has 0 spiro atoms. The zero-order chi connectivity index (χ0) is 13.9. The van der Waals surface area contributed by atoms with E-state index in [1.807, 2.05) is 22.9 Å². The minimum Gasteiger partial charge on any atom is -0.481 e. The number of ether oxygens (including phenoxy) is 1. The minimum absolute atomic E-state index is 0.142. The smallest absolute Gasteiger partial charge is 0.306 e. The maximum Gasteiger partial charge on any atom is 0.306 e. The van der Waals surface area contributed by atoms with Gasteiger partial charge in [-0.25, -0.2) is 9.97 Å². The number of hydrogen-bond donors (Lipinski definition) is 1. The molecule has 0 amide bonds. The number of imidazole rings is 1. The Balaban J connectivity index is 1.54. The number of aromatic nitrogens is 3. The summed E-state index contributed by atoms with van der Waals surface area (Å²) in [6.45, 7) is 0.450. The normalized spacial score (nSPS) is 23.0. The largest absolute Gasteiger partial charge is 0.481 e. The summed E-state index contributed by atoms with van der Waals surface area (Å²) in [7, 11) is 0. The van der Waals surface area contributed by atoms with E-state index in [0.29, 0.717) is 25.2 Å². The third-order valence-corrected chi connectivity index (χ3v) is 3.78.